The molecular weight excluding hydrogens is 506 g/mol. The molecule has 1 unspecified atom stereocenters. The van der Waals surface area contributed by atoms with Gasteiger partial charge in [0.05, 0.1) is 17.6 Å². The second-order valence-corrected chi connectivity index (χ2v) is 11.7. The van der Waals surface area contributed by atoms with Crippen LogP contribution in [0.4, 0.5) is 4.79 Å². The predicted octanol–water partition coefficient (Wildman–Crippen LogP) is 5.08. The molecule has 0 aliphatic rings. The summed E-state index contributed by atoms with van der Waals surface area (Å²) in [6.45, 7) is 7.56. The van der Waals surface area contributed by atoms with Gasteiger partial charge in [-0.1, -0.05) is 31.2 Å². The molecular formula is C28H35N3O6S. The summed E-state index contributed by atoms with van der Waals surface area (Å²) in [5.41, 5.74) is 0.366. The minimum absolute atomic E-state index is 0.126. The third kappa shape index (κ3) is 7.08. The van der Waals surface area contributed by atoms with Crippen LogP contribution in [0.5, 0.6) is 0 Å². The number of rotatable bonds is 10. The number of sulfonamides is 1. The summed E-state index contributed by atoms with van der Waals surface area (Å²) in [5, 5.41) is 3.97. The minimum Gasteiger partial charge on any atom is -0.465 e. The molecule has 3 rings (SSSR count). The first-order valence-corrected chi connectivity index (χ1v) is 13.9. The molecule has 10 heteroatoms. The fourth-order valence-corrected chi connectivity index (χ4v) is 6.17. The quantitative estimate of drug-likeness (QED) is 0.281. The van der Waals surface area contributed by atoms with E-state index in [9.17, 15) is 18.0 Å². The third-order valence-electron chi connectivity index (χ3n) is 5.88. The van der Waals surface area contributed by atoms with Gasteiger partial charge in [-0.25, -0.2) is 18.0 Å². The number of hydrogen-bond acceptors (Lipinski definition) is 7. The summed E-state index contributed by atoms with van der Waals surface area (Å²) in [4.78, 5) is 28.5. The van der Waals surface area contributed by atoms with Gasteiger partial charge in [0.2, 0.25) is 10.0 Å². The van der Waals surface area contributed by atoms with Crippen molar-refractivity contribution in [2.75, 3.05) is 20.2 Å². The Morgan fingerprint density at radius 1 is 1.11 bits per heavy atom. The van der Waals surface area contributed by atoms with Gasteiger partial charge in [-0.05, 0) is 63.4 Å². The molecule has 1 atom stereocenters. The number of nitrogens with zero attached hydrogens (tertiary/aromatic N) is 2. The van der Waals surface area contributed by atoms with Crippen molar-refractivity contribution in [1.29, 1.82) is 0 Å². The van der Waals surface area contributed by atoms with E-state index in [0.29, 0.717) is 34.7 Å². The second kappa shape index (κ2) is 12.4. The van der Waals surface area contributed by atoms with Crippen molar-refractivity contribution < 1.29 is 27.5 Å². The highest BCUT2D eigenvalue weighted by molar-refractivity contribution is 7.89. The van der Waals surface area contributed by atoms with E-state index in [-0.39, 0.29) is 18.0 Å². The fraction of sp³-hybridized carbons (Fsp3) is 0.393. The van der Waals surface area contributed by atoms with Crippen LogP contribution in [0.15, 0.2) is 65.8 Å². The number of aromatic nitrogens is 1. The topological polar surface area (TPSA) is 115 Å². The lowest BCUT2D eigenvalue weighted by Gasteiger charge is -2.31. The molecule has 1 N–H and O–H groups in total. The molecule has 204 valence electrons. The van der Waals surface area contributed by atoms with Gasteiger partial charge in [0.25, 0.3) is 0 Å². The molecule has 2 aromatic carbocycles. The number of pyridine rings is 1. The molecule has 0 aliphatic carbocycles. The molecule has 0 radical (unpaired) electrons. The van der Waals surface area contributed by atoms with E-state index in [1.807, 2.05) is 13.0 Å². The fourth-order valence-electron chi connectivity index (χ4n) is 4.22. The highest BCUT2D eigenvalue weighted by atomic mass is 32.2. The lowest BCUT2D eigenvalue weighted by molar-refractivity contribution is 0.0525. The molecule has 9 nitrogen and oxygen atoms in total. The van der Waals surface area contributed by atoms with Crippen molar-refractivity contribution in [1.82, 2.24) is 14.6 Å². The van der Waals surface area contributed by atoms with Crippen molar-refractivity contribution in [2.24, 2.45) is 0 Å². The number of ether oxygens (including phenoxy) is 2. The molecule has 1 heterocycles. The maximum Gasteiger partial charge on any atom is 0.407 e. The van der Waals surface area contributed by atoms with Crippen molar-refractivity contribution >= 4 is 32.9 Å². The Morgan fingerprint density at radius 2 is 1.84 bits per heavy atom. The number of nitrogens with one attached hydrogen (secondary N) is 1. The first-order chi connectivity index (χ1) is 18.0. The number of esters is 1. The van der Waals surface area contributed by atoms with Gasteiger partial charge < -0.3 is 14.8 Å². The van der Waals surface area contributed by atoms with Crippen LogP contribution in [0.1, 0.15) is 62.5 Å². The number of carbonyl (C=O) groups excluding carboxylic acids is 2. The lowest BCUT2D eigenvalue weighted by Crippen LogP contribution is -2.38. The van der Waals surface area contributed by atoms with Crippen LogP contribution < -0.4 is 5.32 Å². The maximum absolute atomic E-state index is 14.2. The maximum atomic E-state index is 14.2. The molecule has 0 bridgehead atoms. The van der Waals surface area contributed by atoms with E-state index in [1.54, 1.807) is 75.6 Å². The van der Waals surface area contributed by atoms with Crippen LogP contribution in [-0.2, 0) is 19.5 Å². The van der Waals surface area contributed by atoms with Gasteiger partial charge in [0, 0.05) is 42.3 Å². The number of alkyl carbamates (subject to hydrolysis) is 1. The zero-order valence-corrected chi connectivity index (χ0v) is 23.2. The first kappa shape index (κ1) is 29.1. The Kier molecular flexibility index (Phi) is 9.45. The smallest absolute Gasteiger partial charge is 0.407 e. The summed E-state index contributed by atoms with van der Waals surface area (Å²) in [6.07, 6.45) is 3.42. The Labute approximate surface area is 224 Å². The molecule has 0 fully saturated rings. The van der Waals surface area contributed by atoms with E-state index < -0.39 is 33.7 Å². The van der Waals surface area contributed by atoms with Gasteiger partial charge in [0.15, 0.2) is 0 Å². The van der Waals surface area contributed by atoms with Gasteiger partial charge in [0.1, 0.15) is 5.60 Å². The van der Waals surface area contributed by atoms with Crippen molar-refractivity contribution in [3.8, 4) is 0 Å². The molecule has 0 aliphatic heterocycles. The van der Waals surface area contributed by atoms with Crippen LogP contribution in [0, 0.1) is 0 Å². The molecule has 38 heavy (non-hydrogen) atoms. The number of benzene rings is 2. The lowest BCUT2D eigenvalue weighted by atomic mass is 10.0. The third-order valence-corrected chi connectivity index (χ3v) is 7.84. The first-order valence-electron chi connectivity index (χ1n) is 12.5. The Balaban J connectivity index is 1.98. The van der Waals surface area contributed by atoms with Gasteiger partial charge in [-0.2, -0.15) is 4.31 Å². The van der Waals surface area contributed by atoms with Crippen LogP contribution in [-0.4, -0.2) is 55.6 Å². The normalized spacial score (nSPS) is 12.8. The van der Waals surface area contributed by atoms with Crippen LogP contribution >= 0.6 is 0 Å². The SMILES string of the molecule is CCC(c1cccc(C(=O)OC)c1)N(CCCNC(=O)OC(C)(C)C)S(=O)(=O)c1cccc2cnccc12. The highest BCUT2D eigenvalue weighted by Gasteiger charge is 2.33. The van der Waals surface area contributed by atoms with E-state index in [0.717, 1.165) is 0 Å². The van der Waals surface area contributed by atoms with Crippen molar-refractivity contribution in [2.45, 2.75) is 57.1 Å². The van der Waals surface area contributed by atoms with E-state index in [4.69, 9.17) is 9.47 Å². The molecule has 1 amide bonds. The molecule has 3 aromatic rings. The largest absolute Gasteiger partial charge is 0.465 e. The monoisotopic (exact) mass is 541 g/mol. The van der Waals surface area contributed by atoms with Crippen LogP contribution in [0.3, 0.4) is 0 Å². The minimum atomic E-state index is -4.01. The zero-order valence-electron chi connectivity index (χ0n) is 22.4. The average molecular weight is 542 g/mol. The standard InChI is InChI=1S/C28H35N3O6S/c1-6-24(20-10-7-11-21(18-20)26(32)36-5)31(17-9-15-30-27(33)37-28(2,3)4)38(34,35)25-13-8-12-22-19-29-16-14-23(22)25/h7-8,10-14,16,18-19,24H,6,9,15,17H2,1-5H3,(H,30,33). The second-order valence-electron chi connectivity index (χ2n) is 9.79. The number of hydrogen-bond donors (Lipinski definition) is 1. The van der Waals surface area contributed by atoms with E-state index in [1.165, 1.54) is 11.4 Å². The average Bonchev–Trinajstić information content (AvgIpc) is 2.88. The van der Waals surface area contributed by atoms with E-state index >= 15 is 0 Å². The summed E-state index contributed by atoms with van der Waals surface area (Å²) >= 11 is 0. The number of carbonyl (C=O) groups is 2. The number of fused-ring (bicyclic) bond motifs is 1. The Bertz CT molecular complexity index is 1380. The summed E-state index contributed by atoms with van der Waals surface area (Å²) in [5.74, 6) is -0.501. The van der Waals surface area contributed by atoms with E-state index in [2.05, 4.69) is 10.3 Å². The van der Waals surface area contributed by atoms with Crippen LogP contribution in [0.25, 0.3) is 10.8 Å². The molecule has 0 saturated carbocycles. The summed E-state index contributed by atoms with van der Waals surface area (Å²) in [6, 6.07) is 13.0. The Hall–Kier alpha value is -3.50. The van der Waals surface area contributed by atoms with Crippen molar-refractivity contribution in [3.05, 3.63) is 72.1 Å². The van der Waals surface area contributed by atoms with Gasteiger partial charge >= 0.3 is 12.1 Å². The zero-order chi connectivity index (χ0) is 27.9. The number of amides is 1. The predicted molar refractivity (Wildman–Crippen MR) is 145 cm³/mol. The Morgan fingerprint density at radius 3 is 2.53 bits per heavy atom. The van der Waals surface area contributed by atoms with Gasteiger partial charge in [-0.15, -0.1) is 0 Å². The number of methoxy groups -OCH3 is 1. The molecule has 0 spiro atoms. The summed E-state index contributed by atoms with van der Waals surface area (Å²) < 4.78 is 40.0. The molecule has 0 saturated heterocycles. The highest BCUT2D eigenvalue weighted by Crippen LogP contribution is 2.33. The van der Waals surface area contributed by atoms with Crippen LogP contribution in [0.2, 0.25) is 0 Å². The van der Waals surface area contributed by atoms with Gasteiger partial charge in [-0.3, -0.25) is 4.98 Å². The summed E-state index contributed by atoms with van der Waals surface area (Å²) in [7, 11) is -2.71. The molecule has 1 aromatic heterocycles. The van der Waals surface area contributed by atoms with Crippen molar-refractivity contribution in [3.63, 3.8) is 0 Å².